The molecule has 0 radical (unpaired) electrons. The Kier molecular flexibility index (Phi) is 6.06. The number of thioether (sulfide) groups is 1. The van der Waals surface area contributed by atoms with E-state index in [2.05, 4.69) is 78.6 Å². The van der Waals surface area contributed by atoms with Gasteiger partial charge in [-0.25, -0.2) is 0 Å². The summed E-state index contributed by atoms with van der Waals surface area (Å²) in [4.78, 5) is 4.34. The second kappa shape index (κ2) is 8.26. The van der Waals surface area contributed by atoms with E-state index in [1.807, 2.05) is 29.2 Å². The van der Waals surface area contributed by atoms with E-state index < -0.39 is 8.07 Å². The second-order valence-electron chi connectivity index (χ2n) is 10.2. The molecule has 2 aromatic rings. The largest absolute Gasteiger partial charge is 0.497 e. The van der Waals surface area contributed by atoms with Gasteiger partial charge in [-0.1, -0.05) is 52.6 Å². The van der Waals surface area contributed by atoms with Crippen molar-refractivity contribution in [2.24, 2.45) is 0 Å². The quantitative estimate of drug-likeness (QED) is 0.317. The molecule has 0 amide bonds. The fourth-order valence-corrected chi connectivity index (χ4v) is 11.7. The molecule has 2 nitrogen and oxygen atoms in total. The zero-order chi connectivity index (χ0) is 23.4. The molecular formula is C27H34O2S2Si. The minimum absolute atomic E-state index is 0.0654. The average molecular weight is 483 g/mol. The average Bonchev–Trinajstić information content (AvgIpc) is 3.33. The van der Waals surface area contributed by atoms with Crippen molar-refractivity contribution in [3.63, 3.8) is 0 Å². The first-order chi connectivity index (χ1) is 15.0. The van der Waals surface area contributed by atoms with E-state index in [1.165, 1.54) is 36.5 Å². The maximum absolute atomic E-state index is 6.44. The van der Waals surface area contributed by atoms with Gasteiger partial charge in [0.05, 0.1) is 7.11 Å². The van der Waals surface area contributed by atoms with Crippen LogP contribution in [-0.4, -0.2) is 27.0 Å². The molecule has 0 saturated heterocycles. The van der Waals surface area contributed by atoms with Crippen molar-refractivity contribution in [3.05, 3.63) is 62.7 Å². The van der Waals surface area contributed by atoms with Crippen molar-refractivity contribution in [2.75, 3.05) is 13.7 Å². The molecule has 0 spiro atoms. The Labute approximate surface area is 202 Å². The van der Waals surface area contributed by atoms with Crippen LogP contribution in [-0.2, 0) is 5.41 Å². The molecule has 1 aliphatic heterocycles. The predicted octanol–water partition coefficient (Wildman–Crippen LogP) is 7.33. The van der Waals surface area contributed by atoms with E-state index in [-0.39, 0.29) is 5.41 Å². The van der Waals surface area contributed by atoms with Crippen molar-refractivity contribution in [1.82, 2.24) is 0 Å². The van der Waals surface area contributed by atoms with Crippen LogP contribution < -0.4 is 14.7 Å². The smallest absolute Gasteiger partial charge is 0.123 e. The van der Waals surface area contributed by atoms with Gasteiger partial charge in [-0.2, -0.15) is 0 Å². The second-order valence-corrected chi connectivity index (χ2v) is 17.2. The van der Waals surface area contributed by atoms with Gasteiger partial charge < -0.3 is 9.47 Å². The zero-order valence-corrected chi connectivity index (χ0v) is 23.1. The molecule has 5 heteroatoms. The summed E-state index contributed by atoms with van der Waals surface area (Å²) < 4.78 is 12.2. The number of benzene rings is 1. The molecule has 0 bridgehead atoms. The van der Waals surface area contributed by atoms with Crippen LogP contribution in [0.1, 0.15) is 48.6 Å². The maximum atomic E-state index is 6.44. The van der Waals surface area contributed by atoms with E-state index >= 15 is 0 Å². The number of hydrogen-bond donors (Lipinski definition) is 0. The van der Waals surface area contributed by atoms with E-state index in [0.717, 1.165) is 11.5 Å². The lowest BCUT2D eigenvalue weighted by atomic mass is 9.86. The van der Waals surface area contributed by atoms with Crippen LogP contribution in [0.15, 0.2) is 41.8 Å². The van der Waals surface area contributed by atoms with Gasteiger partial charge in [-0.15, -0.1) is 23.1 Å². The van der Waals surface area contributed by atoms with Crippen molar-refractivity contribution >= 4 is 47.1 Å². The lowest BCUT2D eigenvalue weighted by molar-refractivity contribution is 0.351. The molecule has 1 aliphatic carbocycles. The summed E-state index contributed by atoms with van der Waals surface area (Å²) in [5.41, 5.74) is 4.01. The highest BCUT2D eigenvalue weighted by atomic mass is 32.2. The van der Waals surface area contributed by atoms with Gasteiger partial charge in [0, 0.05) is 31.0 Å². The Hall–Kier alpha value is -1.69. The molecule has 170 valence electrons. The van der Waals surface area contributed by atoms with Crippen LogP contribution in [0.2, 0.25) is 13.1 Å². The summed E-state index contributed by atoms with van der Waals surface area (Å²) >= 11 is 3.96. The van der Waals surface area contributed by atoms with E-state index in [1.54, 1.807) is 12.3 Å². The van der Waals surface area contributed by atoms with Crippen LogP contribution in [0, 0.1) is 6.92 Å². The number of methoxy groups -OCH3 is 1. The Bertz CT molecular complexity index is 1150. The lowest BCUT2D eigenvalue weighted by Gasteiger charge is -2.32. The molecule has 0 saturated carbocycles. The summed E-state index contributed by atoms with van der Waals surface area (Å²) in [7, 11) is -0.401. The third-order valence-electron chi connectivity index (χ3n) is 6.30. The summed E-state index contributed by atoms with van der Waals surface area (Å²) in [5, 5.41) is 3.38. The highest BCUT2D eigenvalue weighted by Crippen LogP contribution is 2.57. The van der Waals surface area contributed by atoms with Crippen LogP contribution in [0.3, 0.4) is 0 Å². The van der Waals surface area contributed by atoms with Crippen molar-refractivity contribution < 1.29 is 9.47 Å². The molecule has 0 fully saturated rings. The van der Waals surface area contributed by atoms with Crippen molar-refractivity contribution in [2.45, 2.75) is 58.4 Å². The van der Waals surface area contributed by atoms with Gasteiger partial charge in [0.2, 0.25) is 0 Å². The first kappa shape index (κ1) is 23.5. The summed E-state index contributed by atoms with van der Waals surface area (Å²) in [6, 6.07) is 6.76. The number of hydrogen-bond acceptors (Lipinski definition) is 4. The molecule has 32 heavy (non-hydrogen) atoms. The minimum Gasteiger partial charge on any atom is -0.497 e. The SMILES string of the molecule is C=CCOc1c(C(C)(C)C)cc(OC)cc1[Si](C)(C)C1=C2SC(C)C=C2c2cc(C)sc21. The molecule has 4 rings (SSSR count). The lowest BCUT2D eigenvalue weighted by Crippen LogP contribution is -2.45. The molecule has 1 atom stereocenters. The van der Waals surface area contributed by atoms with E-state index in [4.69, 9.17) is 9.47 Å². The zero-order valence-electron chi connectivity index (χ0n) is 20.5. The van der Waals surface area contributed by atoms with E-state index in [0.29, 0.717) is 11.9 Å². The fraction of sp³-hybridized carbons (Fsp3) is 0.407. The maximum Gasteiger partial charge on any atom is 0.123 e. The van der Waals surface area contributed by atoms with Crippen LogP contribution in [0.25, 0.3) is 10.8 Å². The molecule has 2 heterocycles. The standard InChI is InChI=1S/C27H34O2S2Si/c1-10-11-29-23-21(27(4,5)6)14-18(28-7)15-22(23)32(8,9)26-24-19(12-16(2)30-24)20-13-17(3)31-25(20)26/h10,12-16H,1,11H2,2-9H3. The molecule has 2 aliphatic rings. The van der Waals surface area contributed by atoms with Gasteiger partial charge >= 0.3 is 0 Å². The number of fused-ring (bicyclic) bond motifs is 3. The van der Waals surface area contributed by atoms with Gasteiger partial charge in [0.15, 0.2) is 0 Å². The number of rotatable bonds is 6. The van der Waals surface area contributed by atoms with Gasteiger partial charge in [0.1, 0.15) is 26.2 Å². The first-order valence-corrected chi connectivity index (χ1v) is 15.9. The first-order valence-electron chi connectivity index (χ1n) is 11.2. The highest BCUT2D eigenvalue weighted by molar-refractivity contribution is 8.05. The third kappa shape index (κ3) is 3.82. The number of thiophene rings is 1. The van der Waals surface area contributed by atoms with Gasteiger partial charge in [-0.3, -0.25) is 0 Å². The Morgan fingerprint density at radius 1 is 1.19 bits per heavy atom. The number of ether oxygens (including phenoxy) is 2. The summed E-state index contributed by atoms with van der Waals surface area (Å²) in [6.45, 7) is 20.6. The Morgan fingerprint density at radius 3 is 2.53 bits per heavy atom. The normalized spacial score (nSPS) is 17.9. The summed E-state index contributed by atoms with van der Waals surface area (Å²) in [5.74, 6) is 1.93. The number of aryl methyl sites for hydroxylation is 1. The number of allylic oxidation sites excluding steroid dienone is 1. The van der Waals surface area contributed by atoms with Crippen molar-refractivity contribution in [1.29, 1.82) is 0 Å². The van der Waals surface area contributed by atoms with Crippen LogP contribution >= 0.6 is 23.1 Å². The fourth-order valence-electron chi connectivity index (χ4n) is 4.74. The van der Waals surface area contributed by atoms with Gasteiger partial charge in [0.25, 0.3) is 0 Å². The highest BCUT2D eigenvalue weighted by Gasteiger charge is 2.44. The molecular weight excluding hydrogens is 449 g/mol. The van der Waals surface area contributed by atoms with Gasteiger partial charge in [-0.05, 0) is 53.4 Å². The molecule has 0 N–H and O–H groups in total. The topological polar surface area (TPSA) is 18.5 Å². The van der Waals surface area contributed by atoms with E-state index in [9.17, 15) is 0 Å². The summed E-state index contributed by atoms with van der Waals surface area (Å²) in [6.07, 6.45) is 4.28. The van der Waals surface area contributed by atoms with Crippen molar-refractivity contribution in [3.8, 4) is 11.5 Å². The van der Waals surface area contributed by atoms with Crippen LogP contribution in [0.4, 0.5) is 0 Å². The van der Waals surface area contributed by atoms with Crippen LogP contribution in [0.5, 0.6) is 11.5 Å². The third-order valence-corrected chi connectivity index (χ3v) is 12.4. The monoisotopic (exact) mass is 482 g/mol. The minimum atomic E-state index is -2.16. The molecule has 1 aromatic heterocycles. The molecule has 1 aromatic carbocycles. The molecule has 1 unspecified atom stereocenters. The Balaban J connectivity index is 2.00. The Morgan fingerprint density at radius 2 is 1.91 bits per heavy atom. The predicted molar refractivity (Wildman–Crippen MR) is 146 cm³/mol.